The van der Waals surface area contributed by atoms with E-state index in [4.69, 9.17) is 9.47 Å². The van der Waals surface area contributed by atoms with Crippen molar-refractivity contribution in [3.8, 4) is 5.75 Å². The standard InChI is InChI=1S/C20H31N3O6S/c1-5-22(6-2)20(25)15-21(3)19(24)14-16-7-8-17(28-4)18(13-16)30(26,27)23-9-11-29-12-10-23/h7-8,13H,5-6,9-12,14-15H2,1-4H3. The third-order valence-corrected chi connectivity index (χ3v) is 7.01. The zero-order chi connectivity index (χ0) is 22.3. The van der Waals surface area contributed by atoms with E-state index in [2.05, 4.69) is 0 Å². The minimum atomic E-state index is -3.78. The highest BCUT2D eigenvalue weighted by molar-refractivity contribution is 7.89. The number of hydrogen-bond donors (Lipinski definition) is 0. The monoisotopic (exact) mass is 441 g/mol. The number of likely N-dealkylation sites (N-methyl/N-ethyl adjacent to an activating group) is 2. The van der Waals surface area contributed by atoms with Crippen molar-refractivity contribution in [1.29, 1.82) is 0 Å². The molecule has 10 heteroatoms. The molecule has 1 saturated heterocycles. The molecule has 1 aliphatic heterocycles. The van der Waals surface area contributed by atoms with Crippen LogP contribution in [-0.4, -0.2) is 94.4 Å². The van der Waals surface area contributed by atoms with Gasteiger partial charge in [0.05, 0.1) is 33.3 Å². The molecular weight excluding hydrogens is 410 g/mol. The number of sulfonamides is 1. The van der Waals surface area contributed by atoms with E-state index in [9.17, 15) is 18.0 Å². The molecule has 0 radical (unpaired) electrons. The Morgan fingerprint density at radius 2 is 1.77 bits per heavy atom. The van der Waals surface area contributed by atoms with Crippen molar-refractivity contribution in [3.05, 3.63) is 23.8 Å². The summed E-state index contributed by atoms with van der Waals surface area (Å²) in [5.41, 5.74) is 0.537. The van der Waals surface area contributed by atoms with Crippen LogP contribution in [0.5, 0.6) is 5.75 Å². The third kappa shape index (κ3) is 5.71. The fourth-order valence-corrected chi connectivity index (χ4v) is 4.85. The lowest BCUT2D eigenvalue weighted by Gasteiger charge is -2.27. The van der Waals surface area contributed by atoms with Crippen LogP contribution in [0.2, 0.25) is 0 Å². The van der Waals surface area contributed by atoms with E-state index < -0.39 is 10.0 Å². The number of hydrogen-bond acceptors (Lipinski definition) is 6. The lowest BCUT2D eigenvalue weighted by molar-refractivity contribution is -0.138. The average molecular weight is 442 g/mol. The molecular formula is C20H31N3O6S. The van der Waals surface area contributed by atoms with Crippen molar-refractivity contribution in [3.63, 3.8) is 0 Å². The second-order valence-corrected chi connectivity index (χ2v) is 8.90. The topological polar surface area (TPSA) is 96.5 Å². The van der Waals surface area contributed by atoms with E-state index in [1.807, 2.05) is 13.8 Å². The number of benzene rings is 1. The Labute approximate surface area is 178 Å². The van der Waals surface area contributed by atoms with Crippen LogP contribution in [0.25, 0.3) is 0 Å². The first kappa shape index (κ1) is 24.1. The summed E-state index contributed by atoms with van der Waals surface area (Å²) in [5.74, 6) is -0.167. The lowest BCUT2D eigenvalue weighted by atomic mass is 10.1. The molecule has 1 aliphatic rings. The predicted octanol–water partition coefficient (Wildman–Crippen LogP) is 0.585. The van der Waals surface area contributed by atoms with Gasteiger partial charge in [-0.05, 0) is 31.5 Å². The zero-order valence-corrected chi connectivity index (χ0v) is 18.9. The van der Waals surface area contributed by atoms with E-state index in [-0.39, 0.29) is 48.5 Å². The van der Waals surface area contributed by atoms with Crippen LogP contribution >= 0.6 is 0 Å². The molecule has 30 heavy (non-hydrogen) atoms. The Hall–Kier alpha value is -2.17. The first-order chi connectivity index (χ1) is 14.2. The van der Waals surface area contributed by atoms with Crippen LogP contribution in [0, 0.1) is 0 Å². The van der Waals surface area contributed by atoms with Crippen LogP contribution in [0.15, 0.2) is 23.1 Å². The summed E-state index contributed by atoms with van der Waals surface area (Å²) >= 11 is 0. The number of nitrogens with zero attached hydrogens (tertiary/aromatic N) is 3. The minimum Gasteiger partial charge on any atom is -0.495 e. The maximum atomic E-state index is 13.1. The van der Waals surface area contributed by atoms with Gasteiger partial charge < -0.3 is 19.3 Å². The molecule has 0 N–H and O–H groups in total. The first-order valence-electron chi connectivity index (χ1n) is 10.0. The van der Waals surface area contributed by atoms with Gasteiger partial charge in [0.15, 0.2) is 0 Å². The minimum absolute atomic E-state index is 0.0162. The van der Waals surface area contributed by atoms with Crippen molar-refractivity contribution in [2.75, 3.05) is 60.1 Å². The summed E-state index contributed by atoms with van der Waals surface area (Å²) < 4.78 is 38.0. The van der Waals surface area contributed by atoms with Gasteiger partial charge in [-0.25, -0.2) is 8.42 Å². The molecule has 1 aromatic rings. The van der Waals surface area contributed by atoms with E-state index in [0.717, 1.165) is 0 Å². The van der Waals surface area contributed by atoms with Gasteiger partial charge in [-0.2, -0.15) is 4.31 Å². The summed E-state index contributed by atoms with van der Waals surface area (Å²) in [7, 11) is -0.802. The van der Waals surface area contributed by atoms with E-state index >= 15 is 0 Å². The molecule has 1 fully saturated rings. The molecule has 168 valence electrons. The van der Waals surface area contributed by atoms with Crippen LogP contribution in [0.4, 0.5) is 0 Å². The van der Waals surface area contributed by atoms with Gasteiger partial charge in [0.2, 0.25) is 21.8 Å². The molecule has 1 aromatic carbocycles. The summed E-state index contributed by atoms with van der Waals surface area (Å²) in [6.07, 6.45) is -0.0162. The van der Waals surface area contributed by atoms with Crippen LogP contribution in [0.1, 0.15) is 19.4 Å². The maximum absolute atomic E-state index is 13.1. The van der Waals surface area contributed by atoms with Gasteiger partial charge in [0.1, 0.15) is 10.6 Å². The van der Waals surface area contributed by atoms with Crippen molar-refractivity contribution >= 4 is 21.8 Å². The molecule has 1 heterocycles. The number of ether oxygens (including phenoxy) is 2. The molecule has 0 bridgehead atoms. The first-order valence-corrected chi connectivity index (χ1v) is 11.4. The van der Waals surface area contributed by atoms with Crippen molar-refractivity contribution in [2.24, 2.45) is 0 Å². The molecule has 9 nitrogen and oxygen atoms in total. The van der Waals surface area contributed by atoms with Crippen LogP contribution < -0.4 is 4.74 Å². The Kier molecular flexibility index (Phi) is 8.63. The normalized spacial score (nSPS) is 14.9. The fraction of sp³-hybridized carbons (Fsp3) is 0.600. The van der Waals surface area contributed by atoms with Crippen molar-refractivity contribution in [2.45, 2.75) is 25.2 Å². The lowest BCUT2D eigenvalue weighted by Crippen LogP contribution is -2.41. The van der Waals surface area contributed by atoms with Gasteiger partial charge in [-0.3, -0.25) is 9.59 Å². The van der Waals surface area contributed by atoms with Gasteiger partial charge >= 0.3 is 0 Å². The summed E-state index contributed by atoms with van der Waals surface area (Å²) in [5, 5.41) is 0. The fourth-order valence-electron chi connectivity index (χ4n) is 3.24. The molecule has 0 spiro atoms. The second-order valence-electron chi connectivity index (χ2n) is 6.99. The molecule has 0 saturated carbocycles. The Bertz CT molecular complexity index is 848. The van der Waals surface area contributed by atoms with Crippen molar-refractivity contribution in [1.82, 2.24) is 14.1 Å². The second kappa shape index (κ2) is 10.7. The molecule has 0 unspecified atom stereocenters. The highest BCUT2D eigenvalue weighted by Crippen LogP contribution is 2.28. The van der Waals surface area contributed by atoms with Crippen LogP contribution in [0.3, 0.4) is 0 Å². The Morgan fingerprint density at radius 3 is 2.33 bits per heavy atom. The molecule has 0 atom stereocenters. The van der Waals surface area contributed by atoms with Gasteiger partial charge in [-0.15, -0.1) is 0 Å². The van der Waals surface area contributed by atoms with E-state index in [1.165, 1.54) is 22.4 Å². The molecule has 2 amide bonds. The van der Waals surface area contributed by atoms with Gasteiger partial charge in [-0.1, -0.05) is 6.07 Å². The summed E-state index contributed by atoms with van der Waals surface area (Å²) in [6, 6.07) is 4.69. The van der Waals surface area contributed by atoms with Gasteiger partial charge in [0, 0.05) is 33.2 Å². The number of carbonyl (C=O) groups is 2. The average Bonchev–Trinajstić information content (AvgIpc) is 2.75. The number of carbonyl (C=O) groups excluding carboxylic acids is 2. The largest absolute Gasteiger partial charge is 0.495 e. The zero-order valence-electron chi connectivity index (χ0n) is 18.1. The maximum Gasteiger partial charge on any atom is 0.246 e. The number of amides is 2. The predicted molar refractivity (Wildman–Crippen MR) is 112 cm³/mol. The molecule has 0 aromatic heterocycles. The third-order valence-electron chi connectivity index (χ3n) is 5.09. The Morgan fingerprint density at radius 1 is 1.13 bits per heavy atom. The van der Waals surface area contributed by atoms with Crippen molar-refractivity contribution < 1.29 is 27.5 Å². The molecule has 0 aliphatic carbocycles. The Balaban J connectivity index is 2.18. The quantitative estimate of drug-likeness (QED) is 0.556. The number of morpholine rings is 1. The van der Waals surface area contributed by atoms with Crippen LogP contribution in [-0.2, 0) is 30.8 Å². The summed E-state index contributed by atoms with van der Waals surface area (Å²) in [4.78, 5) is 27.9. The smallest absolute Gasteiger partial charge is 0.246 e. The molecule has 2 rings (SSSR count). The number of methoxy groups -OCH3 is 1. The van der Waals surface area contributed by atoms with E-state index in [0.29, 0.717) is 31.9 Å². The van der Waals surface area contributed by atoms with E-state index in [1.54, 1.807) is 24.1 Å². The highest BCUT2D eigenvalue weighted by Gasteiger charge is 2.30. The number of rotatable bonds is 9. The summed E-state index contributed by atoms with van der Waals surface area (Å²) in [6.45, 7) is 6.13. The SMILES string of the molecule is CCN(CC)C(=O)CN(C)C(=O)Cc1ccc(OC)c(S(=O)(=O)N2CCOCC2)c1. The van der Waals surface area contributed by atoms with Gasteiger partial charge in [0.25, 0.3) is 0 Å². The highest BCUT2D eigenvalue weighted by atomic mass is 32.2.